The second kappa shape index (κ2) is 9.87. The van der Waals surface area contributed by atoms with E-state index in [1.54, 1.807) is 4.90 Å². The molecule has 4 N–H and O–H groups in total. The van der Waals surface area contributed by atoms with E-state index >= 15 is 0 Å². The molecule has 174 valence electrons. The van der Waals surface area contributed by atoms with Gasteiger partial charge in [0, 0.05) is 12.1 Å². The van der Waals surface area contributed by atoms with Gasteiger partial charge in [-0.1, -0.05) is 12.5 Å². The summed E-state index contributed by atoms with van der Waals surface area (Å²) in [4.78, 5) is 32.5. The third-order valence-corrected chi connectivity index (χ3v) is 6.50. The molecule has 0 spiro atoms. The fraction of sp³-hybridized carbons (Fsp3) is 0.609. The Morgan fingerprint density at radius 1 is 1.31 bits per heavy atom. The van der Waals surface area contributed by atoms with Gasteiger partial charge >= 0.3 is 0 Å². The summed E-state index contributed by atoms with van der Waals surface area (Å²) in [5.41, 5.74) is 8.40. The minimum absolute atomic E-state index is 0.148. The number of hydrogen-bond acceptors (Lipinski definition) is 7. The molecule has 1 aromatic carbocycles. The number of guanidine groups is 1. The van der Waals surface area contributed by atoms with E-state index in [0.717, 1.165) is 68.4 Å². The number of nitrogens with one attached hydrogen (secondary N) is 1. The van der Waals surface area contributed by atoms with Gasteiger partial charge in [0.25, 0.3) is 5.91 Å². The van der Waals surface area contributed by atoms with Gasteiger partial charge in [0.1, 0.15) is 17.5 Å². The maximum Gasteiger partial charge on any atom is 0.251 e. The van der Waals surface area contributed by atoms with Crippen molar-refractivity contribution in [3.05, 3.63) is 23.3 Å². The largest absolute Gasteiger partial charge is 0.491 e. The van der Waals surface area contributed by atoms with Crippen LogP contribution in [0.1, 0.15) is 49.7 Å². The monoisotopic (exact) mass is 443 g/mol. The van der Waals surface area contributed by atoms with Crippen molar-refractivity contribution in [3.8, 4) is 5.75 Å². The molecule has 2 atom stereocenters. The summed E-state index contributed by atoms with van der Waals surface area (Å²) in [5, 5.41) is 12.3. The summed E-state index contributed by atoms with van der Waals surface area (Å²) in [7, 11) is 0. The number of amides is 2. The molecule has 0 radical (unpaired) electrons. The van der Waals surface area contributed by atoms with Crippen LogP contribution >= 0.6 is 0 Å². The molecule has 0 aromatic heterocycles. The summed E-state index contributed by atoms with van der Waals surface area (Å²) < 4.78 is 6.08. The second-order valence-electron chi connectivity index (χ2n) is 8.88. The van der Waals surface area contributed by atoms with Gasteiger partial charge in [0.05, 0.1) is 19.3 Å². The second-order valence-corrected chi connectivity index (χ2v) is 8.88. The highest BCUT2D eigenvalue weighted by molar-refractivity contribution is 6.08. The van der Waals surface area contributed by atoms with Crippen molar-refractivity contribution < 1.29 is 19.4 Å². The van der Waals surface area contributed by atoms with Crippen LogP contribution in [-0.4, -0.2) is 71.1 Å². The Morgan fingerprint density at radius 2 is 2.09 bits per heavy atom. The molecule has 1 aromatic rings. The molecule has 2 amide bonds. The van der Waals surface area contributed by atoms with Gasteiger partial charge in [-0.2, -0.15) is 0 Å². The molecule has 0 bridgehead atoms. The van der Waals surface area contributed by atoms with E-state index in [-0.39, 0.29) is 24.5 Å². The lowest BCUT2D eigenvalue weighted by molar-refractivity contribution is -0.123. The number of aliphatic hydroxyl groups excluding tert-OH is 1. The lowest BCUT2D eigenvalue weighted by Crippen LogP contribution is -2.43. The summed E-state index contributed by atoms with van der Waals surface area (Å²) in [6.07, 6.45) is 5.85. The quantitative estimate of drug-likeness (QED) is 0.467. The lowest BCUT2D eigenvalue weighted by Gasteiger charge is -2.28. The highest BCUT2D eigenvalue weighted by atomic mass is 16.5. The number of likely N-dealkylation sites (tertiary alicyclic amines) is 1. The molecule has 9 nitrogen and oxygen atoms in total. The van der Waals surface area contributed by atoms with Crippen LogP contribution in [-0.2, 0) is 16.1 Å². The zero-order valence-corrected chi connectivity index (χ0v) is 18.7. The average molecular weight is 444 g/mol. The van der Waals surface area contributed by atoms with Gasteiger partial charge in [0.15, 0.2) is 0 Å². The molecule has 9 heteroatoms. The Hall–Kier alpha value is -2.65. The number of aryl methyl sites for hydroxylation is 1. The van der Waals surface area contributed by atoms with Crippen molar-refractivity contribution in [3.63, 3.8) is 0 Å². The first kappa shape index (κ1) is 22.5. The summed E-state index contributed by atoms with van der Waals surface area (Å²) in [5.74, 6) is 0.724. The molecular formula is C23H33N5O4. The molecule has 4 rings (SSSR count). The molecule has 3 aliphatic heterocycles. The van der Waals surface area contributed by atoms with Crippen LogP contribution in [0.25, 0.3) is 0 Å². The van der Waals surface area contributed by atoms with Crippen molar-refractivity contribution in [1.82, 2.24) is 15.1 Å². The number of ether oxygens (including phenoxy) is 1. The Morgan fingerprint density at radius 3 is 2.81 bits per heavy atom. The van der Waals surface area contributed by atoms with Gasteiger partial charge in [-0.3, -0.25) is 19.8 Å². The van der Waals surface area contributed by atoms with Crippen LogP contribution in [0.2, 0.25) is 0 Å². The summed E-state index contributed by atoms with van der Waals surface area (Å²) in [6.45, 7) is 4.75. The zero-order valence-electron chi connectivity index (χ0n) is 18.7. The van der Waals surface area contributed by atoms with Crippen LogP contribution in [0.3, 0.4) is 0 Å². The number of benzene rings is 1. The zero-order chi connectivity index (χ0) is 22.7. The van der Waals surface area contributed by atoms with E-state index in [1.165, 1.54) is 0 Å². The number of nitrogens with zero attached hydrogens (tertiary/aromatic N) is 3. The van der Waals surface area contributed by atoms with E-state index in [2.05, 4.69) is 15.2 Å². The van der Waals surface area contributed by atoms with E-state index in [4.69, 9.17) is 10.5 Å². The lowest BCUT2D eigenvalue weighted by atomic mass is 10.1. The van der Waals surface area contributed by atoms with E-state index in [1.807, 2.05) is 19.1 Å². The molecule has 2 fully saturated rings. The maximum absolute atomic E-state index is 12.1. The first-order valence-corrected chi connectivity index (χ1v) is 11.5. The van der Waals surface area contributed by atoms with Crippen LogP contribution in [0.15, 0.2) is 17.1 Å². The van der Waals surface area contributed by atoms with Gasteiger partial charge in [-0.15, -0.1) is 0 Å². The van der Waals surface area contributed by atoms with Gasteiger partial charge in [-0.25, -0.2) is 4.99 Å². The van der Waals surface area contributed by atoms with E-state index < -0.39 is 6.04 Å². The number of carbonyl (C=O) groups excluding carboxylic acids is 2. The number of aliphatic imine (C=N–C) groups is 1. The highest BCUT2D eigenvalue weighted by Crippen LogP contribution is 2.38. The van der Waals surface area contributed by atoms with Crippen LogP contribution in [0, 0.1) is 6.92 Å². The Labute approximate surface area is 188 Å². The number of hydrogen-bond donors (Lipinski definition) is 3. The highest BCUT2D eigenvalue weighted by Gasteiger charge is 2.39. The summed E-state index contributed by atoms with van der Waals surface area (Å²) >= 11 is 0. The number of aliphatic hydroxyl groups is 1. The van der Waals surface area contributed by atoms with Gasteiger partial charge in [0.2, 0.25) is 11.9 Å². The van der Waals surface area contributed by atoms with Crippen molar-refractivity contribution in [1.29, 1.82) is 0 Å². The fourth-order valence-corrected chi connectivity index (χ4v) is 4.83. The topological polar surface area (TPSA) is 120 Å². The van der Waals surface area contributed by atoms with E-state index in [0.29, 0.717) is 24.9 Å². The number of unbranched alkanes of at least 4 members (excludes halogenated alkanes) is 2. The van der Waals surface area contributed by atoms with Gasteiger partial charge < -0.3 is 20.5 Å². The number of carbonyl (C=O) groups is 2. The minimum atomic E-state index is -0.600. The van der Waals surface area contributed by atoms with E-state index in [9.17, 15) is 14.7 Å². The number of primary amides is 1. The third kappa shape index (κ3) is 4.73. The number of fused-ring (bicyclic) bond motifs is 2. The molecule has 3 heterocycles. The van der Waals surface area contributed by atoms with Crippen molar-refractivity contribution in [2.45, 2.75) is 64.1 Å². The molecule has 32 heavy (non-hydrogen) atoms. The number of rotatable bonds is 10. The van der Waals surface area contributed by atoms with Crippen molar-refractivity contribution >= 4 is 23.5 Å². The van der Waals surface area contributed by atoms with Crippen molar-refractivity contribution in [2.24, 2.45) is 10.7 Å². The minimum Gasteiger partial charge on any atom is -0.491 e. The molecule has 2 saturated heterocycles. The fourth-order valence-electron chi connectivity index (χ4n) is 4.83. The molecule has 0 aliphatic carbocycles. The Kier molecular flexibility index (Phi) is 6.95. The van der Waals surface area contributed by atoms with Crippen LogP contribution in [0.5, 0.6) is 5.75 Å². The third-order valence-electron chi connectivity index (χ3n) is 6.50. The van der Waals surface area contributed by atoms with Crippen molar-refractivity contribution in [2.75, 3.05) is 26.3 Å². The normalized spacial score (nSPS) is 21.1. The predicted octanol–water partition coefficient (Wildman–Crippen LogP) is 1.18. The standard InChI is InChI=1S/C23H33N5O4/c1-15-11-16-13-28-18(14-29)22(31)26-23(28)25-20(16)19(12-15)32-10-6-2-3-7-17(21(24)30)27-8-4-5-9-27/h11-12,17-18,29H,2-10,13-14H2,1H3,(H2,24,30)(H,25,26,31). The molecule has 2 unspecified atom stereocenters. The maximum atomic E-state index is 12.1. The Balaban J connectivity index is 1.31. The number of nitrogens with two attached hydrogens (primary N) is 1. The Bertz CT molecular complexity index is 897. The average Bonchev–Trinajstić information content (AvgIpc) is 3.38. The molecular weight excluding hydrogens is 410 g/mol. The summed E-state index contributed by atoms with van der Waals surface area (Å²) in [6, 6.07) is 3.26. The predicted molar refractivity (Wildman–Crippen MR) is 121 cm³/mol. The van der Waals surface area contributed by atoms with Gasteiger partial charge in [-0.05, 0) is 63.7 Å². The smallest absolute Gasteiger partial charge is 0.251 e. The van der Waals surface area contributed by atoms with Crippen LogP contribution < -0.4 is 15.8 Å². The molecule has 0 saturated carbocycles. The first-order chi connectivity index (χ1) is 15.5. The molecule has 3 aliphatic rings. The first-order valence-electron chi connectivity index (χ1n) is 11.5. The SMILES string of the molecule is Cc1cc2c(c(OCCCCCC(C(N)=O)N3CCCC3)c1)N=C1NC(=O)C(CO)N1C2. The van der Waals surface area contributed by atoms with Crippen LogP contribution in [0.4, 0.5) is 5.69 Å².